The molecule has 1 amide bonds. The molecule has 1 aromatic heterocycles. The fraction of sp³-hybridized carbons (Fsp3) is 0.692. The monoisotopic (exact) mass is 361 g/mol. The molecule has 0 spiro atoms. The smallest absolute Gasteiger partial charge is 0.286 e. The molecule has 2 heterocycles. The number of carbonyl (C=O) groups is 2. The van der Waals surface area contributed by atoms with E-state index in [1.165, 1.54) is 4.90 Å². The van der Waals surface area contributed by atoms with Crippen molar-refractivity contribution in [3.05, 3.63) is 11.8 Å². The third-order valence-corrected chi connectivity index (χ3v) is 3.74. The quantitative estimate of drug-likeness (QED) is 0.606. The molecule has 0 bridgehead atoms. The first-order chi connectivity index (χ1) is 9.74. The summed E-state index contributed by atoms with van der Waals surface area (Å²) in [5, 5.41) is 7.62. The van der Waals surface area contributed by atoms with Crippen molar-refractivity contribution in [2.24, 2.45) is 0 Å². The van der Waals surface area contributed by atoms with Crippen molar-refractivity contribution in [1.82, 2.24) is 15.1 Å². The Kier molecular flexibility index (Phi) is 4.46. The van der Waals surface area contributed by atoms with Crippen LogP contribution in [0.3, 0.4) is 0 Å². The van der Waals surface area contributed by atoms with E-state index in [-0.39, 0.29) is 35.5 Å². The topological polar surface area (TPSA) is 76.3 Å². The zero-order valence-electron chi connectivity index (χ0n) is 12.1. The number of halogens is 2. The zero-order valence-corrected chi connectivity index (χ0v) is 13.7. The molecule has 116 valence electrons. The standard InChI is InChI=1S/C13H17BrFN3O3/c1-13(2,3)12-17-16-11(21-12)10(20)8-4-7(15)6-18(8)9(19)5-14/h7-8H,4-6H2,1-3H3/t7-,8+/m0/s1. The third kappa shape index (κ3) is 3.30. The van der Waals surface area contributed by atoms with Gasteiger partial charge < -0.3 is 9.32 Å². The number of alkyl halides is 2. The lowest BCUT2D eigenvalue weighted by molar-refractivity contribution is -0.128. The Balaban J connectivity index is 2.22. The number of hydrogen-bond acceptors (Lipinski definition) is 5. The summed E-state index contributed by atoms with van der Waals surface area (Å²) >= 11 is 3.03. The SMILES string of the molecule is CC(C)(C)c1nnc(C(=O)[C@H]2C[C@H](F)CN2C(=O)CBr)o1. The van der Waals surface area contributed by atoms with Gasteiger partial charge in [-0.3, -0.25) is 9.59 Å². The van der Waals surface area contributed by atoms with Crippen LogP contribution < -0.4 is 0 Å². The number of hydrogen-bond donors (Lipinski definition) is 0. The van der Waals surface area contributed by atoms with Crippen LogP contribution in [0.15, 0.2) is 4.42 Å². The number of amides is 1. The van der Waals surface area contributed by atoms with E-state index in [1.807, 2.05) is 20.8 Å². The Morgan fingerprint density at radius 3 is 2.62 bits per heavy atom. The van der Waals surface area contributed by atoms with Gasteiger partial charge in [0.2, 0.25) is 17.6 Å². The highest BCUT2D eigenvalue weighted by atomic mass is 79.9. The summed E-state index contributed by atoms with van der Waals surface area (Å²) in [6, 6.07) is -0.877. The van der Waals surface area contributed by atoms with E-state index in [1.54, 1.807) is 0 Å². The van der Waals surface area contributed by atoms with Crippen LogP contribution in [0.25, 0.3) is 0 Å². The van der Waals surface area contributed by atoms with Gasteiger partial charge in [0.15, 0.2) is 0 Å². The van der Waals surface area contributed by atoms with Gasteiger partial charge in [-0.25, -0.2) is 4.39 Å². The number of Topliss-reactive ketones (excluding diaryl/α,β-unsaturated/α-hetero) is 1. The predicted octanol–water partition coefficient (Wildman–Crippen LogP) is 1.88. The summed E-state index contributed by atoms with van der Waals surface area (Å²) in [7, 11) is 0. The molecular weight excluding hydrogens is 345 g/mol. The van der Waals surface area contributed by atoms with Crippen LogP contribution in [-0.2, 0) is 10.2 Å². The van der Waals surface area contributed by atoms with Crippen molar-refractivity contribution >= 4 is 27.6 Å². The molecule has 1 aliphatic heterocycles. The average molecular weight is 362 g/mol. The van der Waals surface area contributed by atoms with E-state index in [9.17, 15) is 14.0 Å². The largest absolute Gasteiger partial charge is 0.418 e. The molecule has 0 aromatic carbocycles. The Labute approximate surface area is 130 Å². The molecule has 2 rings (SSSR count). The molecule has 2 atom stereocenters. The maximum absolute atomic E-state index is 13.6. The van der Waals surface area contributed by atoms with Crippen LogP contribution in [0.4, 0.5) is 4.39 Å². The lowest BCUT2D eigenvalue weighted by Crippen LogP contribution is -2.41. The molecule has 0 saturated carbocycles. The van der Waals surface area contributed by atoms with Gasteiger partial charge in [-0.05, 0) is 0 Å². The van der Waals surface area contributed by atoms with Crippen molar-refractivity contribution in [3.63, 3.8) is 0 Å². The van der Waals surface area contributed by atoms with Crippen molar-refractivity contribution < 1.29 is 18.4 Å². The van der Waals surface area contributed by atoms with Crippen LogP contribution in [0.1, 0.15) is 43.8 Å². The van der Waals surface area contributed by atoms with E-state index >= 15 is 0 Å². The second kappa shape index (κ2) is 5.82. The van der Waals surface area contributed by atoms with Gasteiger partial charge in [0.05, 0.1) is 11.9 Å². The third-order valence-electron chi connectivity index (χ3n) is 3.26. The van der Waals surface area contributed by atoms with Crippen LogP contribution in [-0.4, -0.2) is 50.9 Å². The molecule has 0 aliphatic carbocycles. The van der Waals surface area contributed by atoms with E-state index in [0.717, 1.165) is 0 Å². The van der Waals surface area contributed by atoms with E-state index in [0.29, 0.717) is 5.89 Å². The van der Waals surface area contributed by atoms with E-state index < -0.39 is 18.0 Å². The average Bonchev–Trinajstić information content (AvgIpc) is 3.02. The Bertz CT molecular complexity index is 555. The summed E-state index contributed by atoms with van der Waals surface area (Å²) in [4.78, 5) is 25.4. The maximum Gasteiger partial charge on any atom is 0.286 e. The predicted molar refractivity (Wildman–Crippen MR) is 76.1 cm³/mol. The molecule has 0 unspecified atom stereocenters. The summed E-state index contributed by atoms with van der Waals surface area (Å²) in [6.07, 6.45) is -1.25. The zero-order chi connectivity index (χ0) is 15.8. The molecule has 6 nitrogen and oxygen atoms in total. The molecule has 0 radical (unpaired) electrons. The van der Waals surface area contributed by atoms with Gasteiger partial charge in [-0.1, -0.05) is 36.7 Å². The fourth-order valence-electron chi connectivity index (χ4n) is 2.15. The van der Waals surface area contributed by atoms with Crippen LogP contribution in [0.5, 0.6) is 0 Å². The lowest BCUT2D eigenvalue weighted by atomic mass is 9.97. The summed E-state index contributed by atoms with van der Waals surface area (Å²) in [6.45, 7) is 5.55. The number of carbonyl (C=O) groups excluding carboxylic acids is 2. The first-order valence-corrected chi connectivity index (χ1v) is 7.74. The van der Waals surface area contributed by atoms with Crippen molar-refractivity contribution in [2.45, 2.75) is 44.8 Å². The van der Waals surface area contributed by atoms with Crippen molar-refractivity contribution in [3.8, 4) is 0 Å². The van der Waals surface area contributed by atoms with Gasteiger partial charge in [0.1, 0.15) is 12.2 Å². The molecule has 1 aliphatic rings. The number of aromatic nitrogens is 2. The molecule has 1 fully saturated rings. The fourth-order valence-corrected chi connectivity index (χ4v) is 2.48. The van der Waals surface area contributed by atoms with Crippen molar-refractivity contribution in [1.29, 1.82) is 0 Å². The van der Waals surface area contributed by atoms with Crippen LogP contribution in [0.2, 0.25) is 0 Å². The number of nitrogens with zero attached hydrogens (tertiary/aromatic N) is 3. The summed E-state index contributed by atoms with van der Waals surface area (Å²) in [5.74, 6) is -0.679. The normalized spacial score (nSPS) is 22.6. The second-order valence-electron chi connectivity index (χ2n) is 6.06. The van der Waals surface area contributed by atoms with Crippen molar-refractivity contribution in [2.75, 3.05) is 11.9 Å². The molecule has 1 aromatic rings. The van der Waals surface area contributed by atoms with Gasteiger partial charge >= 0.3 is 0 Å². The van der Waals surface area contributed by atoms with Gasteiger partial charge in [0.25, 0.3) is 5.89 Å². The Morgan fingerprint density at radius 1 is 1.43 bits per heavy atom. The highest BCUT2D eigenvalue weighted by Gasteiger charge is 2.41. The maximum atomic E-state index is 13.6. The van der Waals surface area contributed by atoms with E-state index in [4.69, 9.17) is 4.42 Å². The summed E-state index contributed by atoms with van der Waals surface area (Å²) in [5.41, 5.74) is -0.380. The minimum Gasteiger partial charge on any atom is -0.418 e. The highest BCUT2D eigenvalue weighted by molar-refractivity contribution is 9.09. The van der Waals surface area contributed by atoms with Gasteiger partial charge in [-0.2, -0.15) is 0 Å². The Morgan fingerprint density at radius 2 is 2.10 bits per heavy atom. The Hall–Kier alpha value is -1.31. The molecule has 1 saturated heterocycles. The second-order valence-corrected chi connectivity index (χ2v) is 6.62. The van der Waals surface area contributed by atoms with Gasteiger partial charge in [0, 0.05) is 11.8 Å². The van der Waals surface area contributed by atoms with Crippen LogP contribution in [0, 0.1) is 0 Å². The number of likely N-dealkylation sites (tertiary alicyclic amines) is 1. The molecule has 0 N–H and O–H groups in total. The van der Waals surface area contributed by atoms with Gasteiger partial charge in [-0.15, -0.1) is 10.2 Å². The minimum absolute atomic E-state index is 0.0369. The molecular formula is C13H17BrFN3O3. The number of ketones is 1. The lowest BCUT2D eigenvalue weighted by Gasteiger charge is -2.21. The van der Waals surface area contributed by atoms with E-state index in [2.05, 4.69) is 26.1 Å². The first kappa shape index (κ1) is 16.1. The number of rotatable bonds is 3. The minimum atomic E-state index is -1.22. The molecule has 21 heavy (non-hydrogen) atoms. The van der Waals surface area contributed by atoms with Crippen LogP contribution >= 0.6 is 15.9 Å². The highest BCUT2D eigenvalue weighted by Crippen LogP contribution is 2.26. The first-order valence-electron chi connectivity index (χ1n) is 6.61. The molecule has 8 heteroatoms. The summed E-state index contributed by atoms with van der Waals surface area (Å²) < 4.78 is 18.9.